The maximum absolute atomic E-state index is 13.4. The highest BCUT2D eigenvalue weighted by Crippen LogP contribution is 2.43. The van der Waals surface area contributed by atoms with E-state index in [1.807, 2.05) is 39.0 Å². The summed E-state index contributed by atoms with van der Waals surface area (Å²) >= 11 is 0. The molecular formula is C22H24O5. The van der Waals surface area contributed by atoms with Gasteiger partial charge in [-0.15, -0.1) is 0 Å². The predicted octanol–water partition coefficient (Wildman–Crippen LogP) is 4.54. The molecule has 1 heterocycles. The Morgan fingerprint density at radius 3 is 2.26 bits per heavy atom. The molecule has 0 saturated heterocycles. The average molecular weight is 368 g/mol. The lowest BCUT2D eigenvalue weighted by Gasteiger charge is -2.35. The highest BCUT2D eigenvalue weighted by atomic mass is 16.5. The SMILES string of the molecule is COc1ccc2c(c1)OC(C)(C)C(C)=C2C(=O)c1ccc(OC)c(OC)c1. The molecule has 0 aliphatic carbocycles. The topological polar surface area (TPSA) is 54.0 Å². The molecule has 2 aromatic carbocycles. The van der Waals surface area contributed by atoms with Crippen molar-refractivity contribution in [2.75, 3.05) is 21.3 Å². The van der Waals surface area contributed by atoms with Crippen molar-refractivity contribution < 1.29 is 23.7 Å². The Morgan fingerprint density at radius 2 is 1.63 bits per heavy atom. The molecule has 0 atom stereocenters. The van der Waals surface area contributed by atoms with Gasteiger partial charge in [-0.25, -0.2) is 0 Å². The monoisotopic (exact) mass is 368 g/mol. The van der Waals surface area contributed by atoms with Gasteiger partial charge in [-0.2, -0.15) is 0 Å². The summed E-state index contributed by atoms with van der Waals surface area (Å²) in [5.74, 6) is 2.33. The van der Waals surface area contributed by atoms with Crippen molar-refractivity contribution in [2.45, 2.75) is 26.4 Å². The van der Waals surface area contributed by atoms with Gasteiger partial charge in [-0.1, -0.05) is 0 Å². The number of allylic oxidation sites excluding steroid dienone is 1. The molecular weight excluding hydrogens is 344 g/mol. The van der Waals surface area contributed by atoms with Crippen LogP contribution in [0.3, 0.4) is 0 Å². The first-order valence-corrected chi connectivity index (χ1v) is 8.68. The Bertz CT molecular complexity index is 924. The largest absolute Gasteiger partial charge is 0.497 e. The number of rotatable bonds is 5. The van der Waals surface area contributed by atoms with Crippen LogP contribution in [0.5, 0.6) is 23.0 Å². The Balaban J connectivity index is 2.15. The van der Waals surface area contributed by atoms with Crippen LogP contribution in [0.1, 0.15) is 36.7 Å². The third-order valence-electron chi connectivity index (χ3n) is 4.97. The van der Waals surface area contributed by atoms with Crippen LogP contribution in [0.2, 0.25) is 0 Å². The minimum Gasteiger partial charge on any atom is -0.497 e. The molecule has 1 aliphatic heterocycles. The summed E-state index contributed by atoms with van der Waals surface area (Å²) in [6, 6.07) is 10.7. The smallest absolute Gasteiger partial charge is 0.194 e. The van der Waals surface area contributed by atoms with E-state index in [0.29, 0.717) is 34.1 Å². The number of fused-ring (bicyclic) bond motifs is 1. The molecule has 0 amide bonds. The van der Waals surface area contributed by atoms with E-state index in [0.717, 1.165) is 11.1 Å². The fourth-order valence-corrected chi connectivity index (χ4v) is 3.19. The molecule has 3 rings (SSSR count). The number of methoxy groups -OCH3 is 3. The molecule has 0 bridgehead atoms. The number of hydrogen-bond acceptors (Lipinski definition) is 5. The van der Waals surface area contributed by atoms with Gasteiger partial charge < -0.3 is 18.9 Å². The Morgan fingerprint density at radius 1 is 0.926 bits per heavy atom. The van der Waals surface area contributed by atoms with Crippen molar-refractivity contribution in [3.8, 4) is 23.0 Å². The first-order chi connectivity index (χ1) is 12.8. The summed E-state index contributed by atoms with van der Waals surface area (Å²) in [6.45, 7) is 5.83. The molecule has 0 N–H and O–H groups in total. The lowest BCUT2D eigenvalue weighted by Crippen LogP contribution is -2.34. The van der Waals surface area contributed by atoms with Gasteiger partial charge in [0.1, 0.15) is 17.1 Å². The van der Waals surface area contributed by atoms with Gasteiger partial charge in [0.15, 0.2) is 17.3 Å². The Labute approximate surface area is 159 Å². The van der Waals surface area contributed by atoms with Crippen molar-refractivity contribution in [3.05, 3.63) is 53.1 Å². The second kappa shape index (κ2) is 6.99. The highest BCUT2D eigenvalue weighted by molar-refractivity contribution is 6.30. The van der Waals surface area contributed by atoms with E-state index in [-0.39, 0.29) is 5.78 Å². The fraction of sp³-hybridized carbons (Fsp3) is 0.318. The summed E-state index contributed by atoms with van der Waals surface area (Å²) in [7, 11) is 4.72. The zero-order valence-electron chi connectivity index (χ0n) is 16.5. The lowest BCUT2D eigenvalue weighted by atomic mass is 9.83. The summed E-state index contributed by atoms with van der Waals surface area (Å²) in [5, 5.41) is 0. The summed E-state index contributed by atoms with van der Waals surface area (Å²) in [5.41, 5.74) is 2.19. The highest BCUT2D eigenvalue weighted by Gasteiger charge is 2.35. The number of hydrogen-bond donors (Lipinski definition) is 0. The summed E-state index contributed by atoms with van der Waals surface area (Å²) < 4.78 is 22.1. The lowest BCUT2D eigenvalue weighted by molar-refractivity contribution is 0.103. The van der Waals surface area contributed by atoms with Crippen molar-refractivity contribution in [1.82, 2.24) is 0 Å². The van der Waals surface area contributed by atoms with Crippen molar-refractivity contribution in [1.29, 1.82) is 0 Å². The average Bonchev–Trinajstić information content (AvgIpc) is 2.67. The quantitative estimate of drug-likeness (QED) is 0.725. The standard InChI is InChI=1S/C22H24O5/c1-13-20(21(23)14-7-10-17(25-5)19(11-14)26-6)16-9-8-15(24-4)12-18(16)27-22(13,2)3/h7-12H,1-6H3. The van der Waals surface area contributed by atoms with Gasteiger partial charge in [0.2, 0.25) is 0 Å². The molecule has 0 saturated carbocycles. The van der Waals surface area contributed by atoms with Crippen LogP contribution in [0.4, 0.5) is 0 Å². The van der Waals surface area contributed by atoms with Crippen molar-refractivity contribution in [2.24, 2.45) is 0 Å². The van der Waals surface area contributed by atoms with Gasteiger partial charge in [-0.3, -0.25) is 4.79 Å². The first kappa shape index (κ1) is 18.8. The zero-order chi connectivity index (χ0) is 19.8. The van der Waals surface area contributed by atoms with Crippen LogP contribution < -0.4 is 18.9 Å². The molecule has 0 radical (unpaired) electrons. The zero-order valence-corrected chi connectivity index (χ0v) is 16.5. The molecule has 1 aliphatic rings. The number of carbonyl (C=O) groups is 1. The minimum absolute atomic E-state index is 0.0868. The maximum atomic E-state index is 13.4. The van der Waals surface area contributed by atoms with E-state index < -0.39 is 5.60 Å². The van der Waals surface area contributed by atoms with E-state index >= 15 is 0 Å². The second-order valence-electron chi connectivity index (χ2n) is 6.87. The van der Waals surface area contributed by atoms with Gasteiger partial charge in [0, 0.05) is 22.8 Å². The molecule has 0 unspecified atom stereocenters. The normalized spacial score (nSPS) is 14.9. The van der Waals surface area contributed by atoms with Crippen LogP contribution in [0, 0.1) is 0 Å². The number of ketones is 1. The Kier molecular flexibility index (Phi) is 4.87. The van der Waals surface area contributed by atoms with Crippen molar-refractivity contribution in [3.63, 3.8) is 0 Å². The van der Waals surface area contributed by atoms with E-state index in [1.54, 1.807) is 39.5 Å². The van der Waals surface area contributed by atoms with Gasteiger partial charge in [-0.05, 0) is 56.7 Å². The van der Waals surface area contributed by atoms with Crippen LogP contribution in [-0.4, -0.2) is 32.7 Å². The molecule has 142 valence electrons. The van der Waals surface area contributed by atoms with Gasteiger partial charge in [0.25, 0.3) is 0 Å². The van der Waals surface area contributed by atoms with E-state index in [4.69, 9.17) is 18.9 Å². The van der Waals surface area contributed by atoms with E-state index in [9.17, 15) is 4.79 Å². The van der Waals surface area contributed by atoms with Gasteiger partial charge in [0.05, 0.1) is 21.3 Å². The van der Waals surface area contributed by atoms with E-state index in [2.05, 4.69) is 0 Å². The molecule has 2 aromatic rings. The fourth-order valence-electron chi connectivity index (χ4n) is 3.19. The molecule has 0 fully saturated rings. The molecule has 5 nitrogen and oxygen atoms in total. The summed E-state index contributed by atoms with van der Waals surface area (Å²) in [4.78, 5) is 13.4. The predicted molar refractivity (Wildman–Crippen MR) is 104 cm³/mol. The van der Waals surface area contributed by atoms with Crippen LogP contribution >= 0.6 is 0 Å². The van der Waals surface area contributed by atoms with Crippen LogP contribution in [-0.2, 0) is 0 Å². The number of Topliss-reactive ketones (excluding diaryl/α,β-unsaturated/α-hetero) is 1. The number of carbonyl (C=O) groups excluding carboxylic acids is 1. The molecule has 27 heavy (non-hydrogen) atoms. The maximum Gasteiger partial charge on any atom is 0.194 e. The number of benzene rings is 2. The van der Waals surface area contributed by atoms with Crippen LogP contribution in [0.25, 0.3) is 5.57 Å². The van der Waals surface area contributed by atoms with Gasteiger partial charge >= 0.3 is 0 Å². The second-order valence-corrected chi connectivity index (χ2v) is 6.87. The van der Waals surface area contributed by atoms with Crippen LogP contribution in [0.15, 0.2) is 42.0 Å². The Hall–Kier alpha value is -2.95. The third kappa shape index (κ3) is 3.25. The minimum atomic E-state index is -0.610. The molecule has 0 spiro atoms. The summed E-state index contributed by atoms with van der Waals surface area (Å²) in [6.07, 6.45) is 0. The number of ether oxygens (including phenoxy) is 4. The van der Waals surface area contributed by atoms with E-state index in [1.165, 1.54) is 0 Å². The first-order valence-electron chi connectivity index (χ1n) is 8.68. The van der Waals surface area contributed by atoms with Crippen molar-refractivity contribution >= 4 is 11.4 Å². The third-order valence-corrected chi connectivity index (χ3v) is 4.97. The molecule has 0 aromatic heterocycles. The molecule has 5 heteroatoms.